The van der Waals surface area contributed by atoms with Gasteiger partial charge in [0, 0.05) is 18.2 Å². The highest BCUT2D eigenvalue weighted by Crippen LogP contribution is 2.52. The van der Waals surface area contributed by atoms with E-state index in [2.05, 4.69) is 0 Å². The van der Waals surface area contributed by atoms with Crippen molar-refractivity contribution in [2.75, 3.05) is 55.1 Å². The van der Waals surface area contributed by atoms with Gasteiger partial charge in [-0.05, 0) is 35.7 Å². The maximum Gasteiger partial charge on any atom is 0.231 e. The first kappa shape index (κ1) is 27.2. The molecule has 41 heavy (non-hydrogen) atoms. The monoisotopic (exact) mass is 563 g/mol. The van der Waals surface area contributed by atoms with Crippen molar-refractivity contribution < 1.29 is 42.6 Å². The van der Waals surface area contributed by atoms with Crippen molar-refractivity contribution in [1.82, 2.24) is 0 Å². The van der Waals surface area contributed by atoms with E-state index in [0.29, 0.717) is 65.6 Å². The molecular formula is C31H33NO9. The van der Waals surface area contributed by atoms with Gasteiger partial charge in [0.25, 0.3) is 0 Å². The molecule has 10 nitrogen and oxygen atoms in total. The van der Waals surface area contributed by atoms with Crippen LogP contribution in [0.1, 0.15) is 35.5 Å². The number of hydrogen-bond donors (Lipinski definition) is 0. The van der Waals surface area contributed by atoms with Crippen LogP contribution in [0.4, 0.5) is 0 Å². The van der Waals surface area contributed by atoms with Crippen LogP contribution >= 0.6 is 0 Å². The van der Waals surface area contributed by atoms with Crippen LogP contribution in [0.25, 0.3) is 11.1 Å². The molecule has 3 heterocycles. The highest BCUT2D eigenvalue weighted by atomic mass is 16.7. The Morgan fingerprint density at radius 2 is 1.56 bits per heavy atom. The summed E-state index contributed by atoms with van der Waals surface area (Å²) in [5.41, 5.74) is 3.81. The predicted molar refractivity (Wildman–Crippen MR) is 149 cm³/mol. The second kappa shape index (κ2) is 11.9. The van der Waals surface area contributed by atoms with Gasteiger partial charge >= 0.3 is 0 Å². The third-order valence-corrected chi connectivity index (χ3v) is 7.29. The molecule has 3 aliphatic rings. The highest BCUT2D eigenvalue weighted by Gasteiger charge is 2.37. The van der Waals surface area contributed by atoms with Crippen LogP contribution in [-0.4, -0.2) is 67.0 Å². The summed E-state index contributed by atoms with van der Waals surface area (Å²) in [6, 6.07) is 15.4. The zero-order valence-electron chi connectivity index (χ0n) is 23.5. The average Bonchev–Trinajstić information content (AvgIpc) is 3.67. The molecule has 2 atom stereocenters. The van der Waals surface area contributed by atoms with Crippen molar-refractivity contribution in [2.24, 2.45) is 4.99 Å². The molecule has 1 saturated heterocycles. The van der Waals surface area contributed by atoms with Crippen LogP contribution in [0, 0.1) is 0 Å². The molecular weight excluding hydrogens is 530 g/mol. The van der Waals surface area contributed by atoms with E-state index in [1.54, 1.807) is 28.4 Å². The van der Waals surface area contributed by atoms with Gasteiger partial charge in [-0.1, -0.05) is 30.3 Å². The number of methoxy groups -OCH3 is 4. The minimum absolute atomic E-state index is 0.119. The summed E-state index contributed by atoms with van der Waals surface area (Å²) >= 11 is 0. The molecule has 3 aromatic carbocycles. The van der Waals surface area contributed by atoms with Crippen LogP contribution in [-0.2, 0) is 18.9 Å². The zero-order chi connectivity index (χ0) is 28.3. The molecule has 6 rings (SSSR count). The molecule has 0 aromatic heterocycles. The van der Waals surface area contributed by atoms with E-state index in [9.17, 15) is 0 Å². The standard InChI is InChI=1S/C31H33NO9/c1-33-16-22-27(18-9-6-5-7-10-18)41-30(32-22)21-15-25(34-2)28(35-3)29(36-4)26(21)19-13-23-24(40-17-39-23)14-20(19)31-37-11-8-12-38-31/h5-7,9-10,13-15,22,27,31H,8,11-12,16-17H2,1-4H3/t22-,27+/m1/s1. The average molecular weight is 564 g/mol. The van der Waals surface area contributed by atoms with Crippen molar-refractivity contribution in [3.63, 3.8) is 0 Å². The lowest BCUT2D eigenvalue weighted by molar-refractivity contribution is -0.182. The fourth-order valence-electron chi connectivity index (χ4n) is 5.44. The van der Waals surface area contributed by atoms with E-state index in [4.69, 9.17) is 47.6 Å². The van der Waals surface area contributed by atoms with Gasteiger partial charge in [0.05, 0.1) is 46.7 Å². The van der Waals surface area contributed by atoms with E-state index in [1.165, 1.54) is 0 Å². The molecule has 0 N–H and O–H groups in total. The van der Waals surface area contributed by atoms with Crippen molar-refractivity contribution >= 4 is 5.90 Å². The lowest BCUT2D eigenvalue weighted by Crippen LogP contribution is -2.19. The second-order valence-corrected chi connectivity index (χ2v) is 9.69. The van der Waals surface area contributed by atoms with Gasteiger partial charge in [0.2, 0.25) is 18.4 Å². The van der Waals surface area contributed by atoms with Gasteiger partial charge in [0.1, 0.15) is 6.04 Å². The predicted octanol–water partition coefficient (Wildman–Crippen LogP) is 5.08. The number of rotatable bonds is 9. The van der Waals surface area contributed by atoms with Crippen molar-refractivity contribution in [3.05, 3.63) is 65.2 Å². The first-order chi connectivity index (χ1) is 20.2. The van der Waals surface area contributed by atoms with E-state index in [-0.39, 0.29) is 18.9 Å². The van der Waals surface area contributed by atoms with Crippen LogP contribution in [0.3, 0.4) is 0 Å². The second-order valence-electron chi connectivity index (χ2n) is 9.69. The lowest BCUT2D eigenvalue weighted by atomic mass is 9.92. The molecule has 216 valence electrons. The Kier molecular flexibility index (Phi) is 7.86. The Morgan fingerprint density at radius 1 is 0.829 bits per heavy atom. The first-order valence-corrected chi connectivity index (χ1v) is 13.5. The van der Waals surface area contributed by atoms with Crippen LogP contribution in [0.5, 0.6) is 28.7 Å². The van der Waals surface area contributed by atoms with E-state index < -0.39 is 6.29 Å². The molecule has 0 saturated carbocycles. The fourth-order valence-corrected chi connectivity index (χ4v) is 5.44. The number of hydrogen-bond acceptors (Lipinski definition) is 10. The Morgan fingerprint density at radius 3 is 2.24 bits per heavy atom. The smallest absolute Gasteiger partial charge is 0.231 e. The Hall–Kier alpha value is -3.99. The van der Waals surface area contributed by atoms with Crippen molar-refractivity contribution in [3.8, 4) is 39.9 Å². The third-order valence-electron chi connectivity index (χ3n) is 7.29. The van der Waals surface area contributed by atoms with Crippen LogP contribution in [0.15, 0.2) is 53.5 Å². The van der Waals surface area contributed by atoms with Crippen molar-refractivity contribution in [1.29, 1.82) is 0 Å². The maximum atomic E-state index is 6.61. The summed E-state index contributed by atoms with van der Waals surface area (Å²) < 4.78 is 53.3. The van der Waals surface area contributed by atoms with E-state index in [1.807, 2.05) is 48.5 Å². The zero-order valence-corrected chi connectivity index (χ0v) is 23.5. The molecule has 0 bridgehead atoms. The number of benzene rings is 3. The van der Waals surface area contributed by atoms with Gasteiger partial charge in [-0.15, -0.1) is 0 Å². The Bertz CT molecular complexity index is 1420. The summed E-state index contributed by atoms with van der Waals surface area (Å²) in [6.45, 7) is 1.64. The normalized spacial score (nSPS) is 20.0. The topological polar surface area (TPSA) is 95.4 Å². The highest BCUT2D eigenvalue weighted by molar-refractivity contribution is 6.05. The quantitative estimate of drug-likeness (QED) is 0.353. The molecule has 1 fully saturated rings. The number of aliphatic imine (C=N–C) groups is 1. The number of fused-ring (bicyclic) bond motifs is 1. The molecule has 0 unspecified atom stereocenters. The minimum Gasteiger partial charge on any atom is -0.493 e. The molecule has 10 heteroatoms. The third kappa shape index (κ3) is 5.03. The minimum atomic E-state index is -0.622. The summed E-state index contributed by atoms with van der Waals surface area (Å²) in [5, 5.41) is 0. The van der Waals surface area contributed by atoms with Crippen LogP contribution < -0.4 is 23.7 Å². The summed E-state index contributed by atoms with van der Waals surface area (Å²) in [7, 11) is 6.39. The largest absolute Gasteiger partial charge is 0.493 e. The number of nitrogens with zero attached hydrogens (tertiary/aromatic N) is 1. The van der Waals surface area contributed by atoms with E-state index in [0.717, 1.165) is 23.1 Å². The van der Waals surface area contributed by atoms with Gasteiger partial charge in [-0.2, -0.15) is 0 Å². The SMILES string of the molecule is COC[C@H]1N=C(c2cc(OC)c(OC)c(OC)c2-c2cc3c(cc2C2OCCCO2)OCO3)O[C@H]1c1ccccc1. The molecule has 0 spiro atoms. The summed E-state index contributed by atoms with van der Waals surface area (Å²) in [5.74, 6) is 2.96. The van der Waals surface area contributed by atoms with Crippen molar-refractivity contribution in [2.45, 2.75) is 24.9 Å². The Balaban J connectivity index is 1.58. The van der Waals surface area contributed by atoms with Gasteiger partial charge < -0.3 is 42.6 Å². The molecule has 0 amide bonds. The number of ether oxygens (including phenoxy) is 9. The Labute approximate surface area is 238 Å². The molecule has 0 radical (unpaired) electrons. The van der Waals surface area contributed by atoms with Gasteiger partial charge in [-0.25, -0.2) is 4.99 Å². The van der Waals surface area contributed by atoms with E-state index >= 15 is 0 Å². The first-order valence-electron chi connectivity index (χ1n) is 13.5. The summed E-state index contributed by atoms with van der Waals surface area (Å²) in [4.78, 5) is 5.01. The van der Waals surface area contributed by atoms with Gasteiger partial charge in [0.15, 0.2) is 35.4 Å². The lowest BCUT2D eigenvalue weighted by Gasteiger charge is -2.27. The summed E-state index contributed by atoms with van der Waals surface area (Å²) in [6.07, 6.45) is -0.156. The fraction of sp³-hybridized carbons (Fsp3) is 0.387. The molecule has 0 aliphatic carbocycles. The molecule has 3 aromatic rings. The van der Waals surface area contributed by atoms with Crippen LogP contribution in [0.2, 0.25) is 0 Å². The molecule has 3 aliphatic heterocycles. The maximum absolute atomic E-state index is 6.61. The van der Waals surface area contributed by atoms with Gasteiger partial charge in [-0.3, -0.25) is 0 Å².